The molecule has 0 radical (unpaired) electrons. The van der Waals surface area contributed by atoms with E-state index >= 15 is 0 Å². The van der Waals surface area contributed by atoms with Gasteiger partial charge in [-0.15, -0.1) is 11.3 Å². The van der Waals surface area contributed by atoms with Crippen LogP contribution < -0.4 is 4.90 Å². The van der Waals surface area contributed by atoms with Gasteiger partial charge in [0.15, 0.2) is 0 Å². The van der Waals surface area contributed by atoms with Crippen LogP contribution in [0.25, 0.3) is 10.4 Å². The summed E-state index contributed by atoms with van der Waals surface area (Å²) in [6.45, 7) is 4.04. The molecule has 2 atom stereocenters. The summed E-state index contributed by atoms with van der Waals surface area (Å²) in [5, 5.41) is 12.7. The maximum absolute atomic E-state index is 12.2. The van der Waals surface area contributed by atoms with E-state index < -0.39 is 6.10 Å². The number of thiophene rings is 1. The molecule has 1 N–H and O–H groups in total. The number of nitrogens with zero attached hydrogens (tertiary/aromatic N) is 1. The number of carbonyl (C=O) groups excluding carboxylic acids is 1. The van der Waals surface area contributed by atoms with Crippen molar-refractivity contribution in [1.29, 1.82) is 0 Å². The van der Waals surface area contributed by atoms with Gasteiger partial charge in [-0.3, -0.25) is 4.79 Å². The summed E-state index contributed by atoms with van der Waals surface area (Å²) in [6.07, 6.45) is 0.300. The summed E-state index contributed by atoms with van der Waals surface area (Å²) in [6, 6.07) is 7.60. The maximum Gasteiger partial charge on any atom is 0.230 e. The lowest BCUT2D eigenvalue weighted by molar-refractivity contribution is -0.117. The van der Waals surface area contributed by atoms with Crippen molar-refractivity contribution in [2.45, 2.75) is 38.8 Å². The zero-order valence-electron chi connectivity index (χ0n) is 12.5. The number of carbonyl (C=O) groups is 1. The number of aryl methyl sites for hydroxylation is 1. The SMILES string of the molecule is CC[C@H]1[C@@H](O)CC(=O)N1c1ccc(-c2sccc2C)c(Cl)c1. The van der Waals surface area contributed by atoms with Crippen molar-refractivity contribution < 1.29 is 9.90 Å². The van der Waals surface area contributed by atoms with Crippen LogP contribution >= 0.6 is 22.9 Å². The summed E-state index contributed by atoms with van der Waals surface area (Å²) in [7, 11) is 0. The molecule has 2 heterocycles. The van der Waals surface area contributed by atoms with E-state index in [2.05, 4.69) is 13.0 Å². The lowest BCUT2D eigenvalue weighted by Crippen LogP contribution is -2.36. The molecule has 0 bridgehead atoms. The molecule has 3 rings (SSSR count). The minimum Gasteiger partial charge on any atom is -0.390 e. The highest BCUT2D eigenvalue weighted by Gasteiger charge is 2.38. The standard InChI is InChI=1S/C17H18ClNO2S/c1-3-14-15(20)9-16(21)19(14)11-4-5-12(13(18)8-11)17-10(2)6-7-22-17/h4-8,14-15,20H,3,9H2,1-2H3/t14-,15-/m0/s1. The van der Waals surface area contributed by atoms with Crippen LogP contribution in [0, 0.1) is 6.92 Å². The first-order chi connectivity index (χ1) is 10.5. The van der Waals surface area contributed by atoms with E-state index in [4.69, 9.17) is 11.6 Å². The van der Waals surface area contributed by atoms with Gasteiger partial charge >= 0.3 is 0 Å². The monoisotopic (exact) mass is 335 g/mol. The van der Waals surface area contributed by atoms with Crippen molar-refractivity contribution in [3.8, 4) is 10.4 Å². The summed E-state index contributed by atoms with van der Waals surface area (Å²) >= 11 is 8.11. The van der Waals surface area contributed by atoms with Crippen molar-refractivity contribution in [2.75, 3.05) is 4.90 Å². The molecule has 1 aliphatic rings. The number of rotatable bonds is 3. The largest absolute Gasteiger partial charge is 0.390 e. The topological polar surface area (TPSA) is 40.5 Å². The Kier molecular flexibility index (Phi) is 4.26. The average Bonchev–Trinajstić information content (AvgIpc) is 3.01. The highest BCUT2D eigenvalue weighted by molar-refractivity contribution is 7.13. The van der Waals surface area contributed by atoms with Crippen molar-refractivity contribution >= 4 is 34.5 Å². The first-order valence-corrected chi connectivity index (χ1v) is 8.62. The molecular weight excluding hydrogens is 318 g/mol. The summed E-state index contributed by atoms with van der Waals surface area (Å²) in [4.78, 5) is 15.0. The quantitative estimate of drug-likeness (QED) is 0.910. The molecule has 1 saturated heterocycles. The Bertz CT molecular complexity index is 712. The molecule has 1 aromatic carbocycles. The minimum atomic E-state index is -0.601. The Morgan fingerprint density at radius 3 is 2.77 bits per heavy atom. The Hall–Kier alpha value is -1.36. The highest BCUT2D eigenvalue weighted by atomic mass is 35.5. The second kappa shape index (κ2) is 6.03. The molecule has 22 heavy (non-hydrogen) atoms. The lowest BCUT2D eigenvalue weighted by atomic mass is 10.1. The van der Waals surface area contributed by atoms with Crippen LogP contribution in [0.15, 0.2) is 29.6 Å². The van der Waals surface area contributed by atoms with Crippen molar-refractivity contribution in [3.05, 3.63) is 40.2 Å². The van der Waals surface area contributed by atoms with E-state index in [1.165, 1.54) is 5.56 Å². The Morgan fingerprint density at radius 1 is 1.41 bits per heavy atom. The van der Waals surface area contributed by atoms with Crippen LogP contribution in [-0.2, 0) is 4.79 Å². The summed E-state index contributed by atoms with van der Waals surface area (Å²) in [5.41, 5.74) is 2.94. The van der Waals surface area contributed by atoms with Crippen LogP contribution in [0.3, 0.4) is 0 Å². The normalized spacial score (nSPS) is 21.6. The van der Waals surface area contributed by atoms with Crippen molar-refractivity contribution in [1.82, 2.24) is 0 Å². The highest BCUT2D eigenvalue weighted by Crippen LogP contribution is 2.38. The summed E-state index contributed by atoms with van der Waals surface area (Å²) < 4.78 is 0. The maximum atomic E-state index is 12.2. The van der Waals surface area contributed by atoms with Crippen LogP contribution in [0.1, 0.15) is 25.3 Å². The smallest absolute Gasteiger partial charge is 0.230 e. The van der Waals surface area contributed by atoms with E-state index in [0.29, 0.717) is 5.02 Å². The van der Waals surface area contributed by atoms with Gasteiger partial charge in [0.05, 0.1) is 23.6 Å². The van der Waals surface area contributed by atoms with Gasteiger partial charge in [0.2, 0.25) is 5.91 Å². The third kappa shape index (κ3) is 2.56. The fourth-order valence-corrected chi connectivity index (χ4v) is 4.34. The molecule has 3 nitrogen and oxygen atoms in total. The van der Waals surface area contributed by atoms with E-state index in [1.807, 2.05) is 30.5 Å². The number of anilines is 1. The molecule has 1 aliphatic heterocycles. The van der Waals surface area contributed by atoms with Gasteiger partial charge < -0.3 is 10.0 Å². The number of benzene rings is 1. The third-order valence-electron chi connectivity index (χ3n) is 4.18. The molecule has 1 aromatic heterocycles. The molecule has 0 saturated carbocycles. The van der Waals surface area contributed by atoms with E-state index in [-0.39, 0.29) is 18.4 Å². The van der Waals surface area contributed by atoms with Crippen LogP contribution in [0.4, 0.5) is 5.69 Å². The van der Waals surface area contributed by atoms with Crippen LogP contribution in [0.2, 0.25) is 5.02 Å². The molecule has 2 aromatic rings. The first kappa shape index (κ1) is 15.5. The zero-order chi connectivity index (χ0) is 15.9. The fourth-order valence-electron chi connectivity index (χ4n) is 3.05. The van der Waals surface area contributed by atoms with E-state index in [9.17, 15) is 9.90 Å². The molecular formula is C17H18ClNO2S. The van der Waals surface area contributed by atoms with Crippen molar-refractivity contribution in [2.24, 2.45) is 0 Å². The van der Waals surface area contributed by atoms with Gasteiger partial charge in [-0.1, -0.05) is 18.5 Å². The molecule has 0 spiro atoms. The average molecular weight is 336 g/mol. The number of halogens is 1. The van der Waals surface area contributed by atoms with Gasteiger partial charge in [-0.2, -0.15) is 0 Å². The lowest BCUT2D eigenvalue weighted by Gasteiger charge is -2.25. The van der Waals surface area contributed by atoms with E-state index in [0.717, 1.165) is 22.5 Å². The number of aliphatic hydroxyl groups excluding tert-OH is 1. The fraction of sp³-hybridized carbons (Fsp3) is 0.353. The van der Waals surface area contributed by atoms with Gasteiger partial charge in [0, 0.05) is 16.1 Å². The van der Waals surface area contributed by atoms with Crippen LogP contribution in [-0.4, -0.2) is 23.2 Å². The molecule has 5 heteroatoms. The Morgan fingerprint density at radius 2 is 2.18 bits per heavy atom. The molecule has 0 unspecified atom stereocenters. The summed E-state index contributed by atoms with van der Waals surface area (Å²) in [5.74, 6) is -0.0459. The van der Waals surface area contributed by atoms with E-state index in [1.54, 1.807) is 16.2 Å². The number of hydrogen-bond acceptors (Lipinski definition) is 3. The third-order valence-corrected chi connectivity index (χ3v) is 5.55. The molecule has 116 valence electrons. The van der Waals surface area contributed by atoms with Gasteiger partial charge in [0.25, 0.3) is 0 Å². The number of aliphatic hydroxyl groups is 1. The van der Waals surface area contributed by atoms with Gasteiger partial charge in [-0.25, -0.2) is 0 Å². The Balaban J connectivity index is 1.99. The Labute approximate surface area is 139 Å². The predicted octanol–water partition coefficient (Wildman–Crippen LogP) is 4.25. The minimum absolute atomic E-state index is 0.0459. The van der Waals surface area contributed by atoms with Crippen LogP contribution in [0.5, 0.6) is 0 Å². The number of hydrogen-bond donors (Lipinski definition) is 1. The molecule has 1 amide bonds. The molecule has 1 fully saturated rings. The molecule has 0 aliphatic carbocycles. The van der Waals surface area contributed by atoms with Crippen molar-refractivity contribution in [3.63, 3.8) is 0 Å². The number of amides is 1. The second-order valence-electron chi connectivity index (χ2n) is 5.61. The predicted molar refractivity (Wildman–Crippen MR) is 91.7 cm³/mol. The first-order valence-electron chi connectivity index (χ1n) is 7.37. The zero-order valence-corrected chi connectivity index (χ0v) is 14.1. The van der Waals surface area contributed by atoms with Gasteiger partial charge in [-0.05, 0) is 48.6 Å². The van der Waals surface area contributed by atoms with Gasteiger partial charge in [0.1, 0.15) is 0 Å². The second-order valence-corrected chi connectivity index (χ2v) is 6.93.